The Kier molecular flexibility index (Phi) is 5.00. The van der Waals surface area contributed by atoms with Crippen LogP contribution in [0.4, 0.5) is 0 Å². The van der Waals surface area contributed by atoms with Gasteiger partial charge in [-0.1, -0.05) is 25.8 Å². The highest BCUT2D eigenvalue weighted by Crippen LogP contribution is 2.50. The van der Waals surface area contributed by atoms with E-state index in [1.165, 1.54) is 30.8 Å². The molecule has 0 aromatic carbocycles. The lowest BCUT2D eigenvalue weighted by atomic mass is 10.1. The lowest BCUT2D eigenvalue weighted by molar-refractivity contribution is 0.0982. The maximum atomic E-state index is 12.2. The van der Waals surface area contributed by atoms with Gasteiger partial charge in [0.2, 0.25) is 0 Å². The van der Waals surface area contributed by atoms with Crippen molar-refractivity contribution in [1.82, 2.24) is 0 Å². The molecule has 1 aliphatic rings. The molecular formula is C13H18OS3. The van der Waals surface area contributed by atoms with E-state index in [0.717, 1.165) is 4.88 Å². The van der Waals surface area contributed by atoms with Gasteiger partial charge in [-0.25, -0.2) is 0 Å². The third-order valence-corrected chi connectivity index (χ3v) is 7.39. The zero-order valence-electron chi connectivity index (χ0n) is 10.1. The van der Waals surface area contributed by atoms with E-state index in [1.54, 1.807) is 11.3 Å². The fourth-order valence-corrected chi connectivity index (χ4v) is 6.00. The molecule has 0 aliphatic carbocycles. The Labute approximate surface area is 116 Å². The van der Waals surface area contributed by atoms with E-state index in [1.807, 2.05) is 41.0 Å². The van der Waals surface area contributed by atoms with E-state index >= 15 is 0 Å². The lowest BCUT2D eigenvalue weighted by Crippen LogP contribution is -2.21. The van der Waals surface area contributed by atoms with Crippen molar-refractivity contribution < 1.29 is 4.79 Å². The predicted octanol–water partition coefficient (Wildman–Crippen LogP) is 4.69. The standard InChI is InChI=1S/C13H18OS3/c1-2-3-6-13(16-8-9-17-13)10-11(14)12-5-4-7-15-12/h4-5,7H,2-3,6,8-10H2,1H3. The van der Waals surface area contributed by atoms with Gasteiger partial charge in [-0.3, -0.25) is 4.79 Å². The van der Waals surface area contributed by atoms with Crippen molar-refractivity contribution in [3.8, 4) is 0 Å². The Hall–Kier alpha value is 0.0700. The van der Waals surface area contributed by atoms with E-state index in [2.05, 4.69) is 6.92 Å². The monoisotopic (exact) mass is 286 g/mol. The van der Waals surface area contributed by atoms with Gasteiger partial charge < -0.3 is 0 Å². The van der Waals surface area contributed by atoms with Crippen molar-refractivity contribution >= 4 is 40.6 Å². The number of rotatable bonds is 6. The van der Waals surface area contributed by atoms with Crippen LogP contribution in [0.1, 0.15) is 42.3 Å². The Bertz CT molecular complexity index is 353. The zero-order chi connectivity index (χ0) is 12.1. The molecule has 1 nitrogen and oxygen atoms in total. The molecule has 0 atom stereocenters. The van der Waals surface area contributed by atoms with Crippen LogP contribution in [0.5, 0.6) is 0 Å². The number of thiophene rings is 1. The van der Waals surface area contributed by atoms with E-state index in [0.29, 0.717) is 12.2 Å². The van der Waals surface area contributed by atoms with Crippen LogP contribution in [0, 0.1) is 0 Å². The van der Waals surface area contributed by atoms with Crippen LogP contribution in [0.15, 0.2) is 17.5 Å². The Morgan fingerprint density at radius 2 is 2.18 bits per heavy atom. The third-order valence-electron chi connectivity index (χ3n) is 2.95. The summed E-state index contributed by atoms with van der Waals surface area (Å²) in [6.45, 7) is 2.22. The molecule has 0 bridgehead atoms. The minimum Gasteiger partial charge on any atom is -0.293 e. The van der Waals surface area contributed by atoms with E-state index in [-0.39, 0.29) is 4.08 Å². The molecule has 0 unspecified atom stereocenters. The van der Waals surface area contributed by atoms with Crippen LogP contribution in [0.2, 0.25) is 0 Å². The highest BCUT2D eigenvalue weighted by molar-refractivity contribution is 8.21. The highest BCUT2D eigenvalue weighted by atomic mass is 32.2. The fourth-order valence-electron chi connectivity index (χ4n) is 2.05. The summed E-state index contributed by atoms with van der Waals surface area (Å²) >= 11 is 5.57. The maximum absolute atomic E-state index is 12.2. The molecule has 1 aromatic rings. The quantitative estimate of drug-likeness (QED) is 0.706. The topological polar surface area (TPSA) is 17.1 Å². The van der Waals surface area contributed by atoms with Crippen molar-refractivity contribution in [2.45, 2.75) is 36.7 Å². The summed E-state index contributed by atoms with van der Waals surface area (Å²) in [6, 6.07) is 3.91. The summed E-state index contributed by atoms with van der Waals surface area (Å²) < 4.78 is 0.178. The second-order valence-electron chi connectivity index (χ2n) is 4.29. The first-order valence-corrected chi connectivity index (χ1v) is 8.95. The van der Waals surface area contributed by atoms with Crippen LogP contribution in [-0.2, 0) is 0 Å². The van der Waals surface area contributed by atoms with Gasteiger partial charge in [0.1, 0.15) is 0 Å². The minimum absolute atomic E-state index is 0.178. The molecule has 1 aromatic heterocycles. The molecule has 4 heteroatoms. The number of ketones is 1. The summed E-state index contributed by atoms with van der Waals surface area (Å²) in [5.74, 6) is 2.73. The molecule has 0 N–H and O–H groups in total. The number of hydrogen-bond acceptors (Lipinski definition) is 4. The SMILES string of the molecule is CCCCC1(CC(=O)c2cccs2)SCCS1. The normalized spacial score (nSPS) is 18.4. The molecule has 94 valence electrons. The van der Waals surface area contributed by atoms with Crippen molar-refractivity contribution in [3.05, 3.63) is 22.4 Å². The van der Waals surface area contributed by atoms with Crippen LogP contribution in [-0.4, -0.2) is 21.4 Å². The fraction of sp³-hybridized carbons (Fsp3) is 0.615. The van der Waals surface area contributed by atoms with Gasteiger partial charge in [0, 0.05) is 17.9 Å². The van der Waals surface area contributed by atoms with Crippen LogP contribution in [0.25, 0.3) is 0 Å². The summed E-state index contributed by atoms with van der Waals surface area (Å²) in [7, 11) is 0. The second kappa shape index (κ2) is 6.30. The molecule has 0 amide bonds. The van der Waals surface area contributed by atoms with Crippen molar-refractivity contribution in [1.29, 1.82) is 0 Å². The van der Waals surface area contributed by atoms with Gasteiger partial charge in [-0.15, -0.1) is 34.9 Å². The van der Waals surface area contributed by atoms with Crippen molar-refractivity contribution in [2.75, 3.05) is 11.5 Å². The molecule has 2 rings (SSSR count). The number of unbranched alkanes of at least 4 members (excludes halogenated alkanes) is 1. The third kappa shape index (κ3) is 3.52. The molecule has 1 fully saturated rings. The van der Waals surface area contributed by atoms with Gasteiger partial charge in [-0.2, -0.15) is 0 Å². The first-order valence-electron chi connectivity index (χ1n) is 6.10. The van der Waals surface area contributed by atoms with E-state index in [9.17, 15) is 4.79 Å². The zero-order valence-corrected chi connectivity index (χ0v) is 12.6. The van der Waals surface area contributed by atoms with Gasteiger partial charge in [0.25, 0.3) is 0 Å². The van der Waals surface area contributed by atoms with Gasteiger partial charge in [0.05, 0.1) is 8.96 Å². The first kappa shape index (κ1) is 13.5. The number of hydrogen-bond donors (Lipinski definition) is 0. The second-order valence-corrected chi connectivity index (χ2v) is 8.45. The molecule has 0 radical (unpaired) electrons. The van der Waals surface area contributed by atoms with Crippen LogP contribution < -0.4 is 0 Å². The van der Waals surface area contributed by atoms with Gasteiger partial charge >= 0.3 is 0 Å². The van der Waals surface area contributed by atoms with Gasteiger partial charge in [-0.05, 0) is 17.9 Å². The van der Waals surface area contributed by atoms with Crippen molar-refractivity contribution in [3.63, 3.8) is 0 Å². The van der Waals surface area contributed by atoms with Crippen LogP contribution >= 0.6 is 34.9 Å². The molecule has 1 saturated heterocycles. The Morgan fingerprint density at radius 3 is 2.76 bits per heavy atom. The number of carbonyl (C=O) groups excluding carboxylic acids is 1. The Balaban J connectivity index is 2.00. The highest BCUT2D eigenvalue weighted by Gasteiger charge is 2.37. The first-order chi connectivity index (χ1) is 8.26. The molecule has 0 saturated carbocycles. The molecule has 0 spiro atoms. The molecule has 17 heavy (non-hydrogen) atoms. The van der Waals surface area contributed by atoms with Crippen molar-refractivity contribution in [2.24, 2.45) is 0 Å². The Morgan fingerprint density at radius 1 is 1.41 bits per heavy atom. The largest absolute Gasteiger partial charge is 0.293 e. The van der Waals surface area contributed by atoms with E-state index < -0.39 is 0 Å². The average Bonchev–Trinajstić information content (AvgIpc) is 2.98. The molecule has 1 aliphatic heterocycles. The lowest BCUT2D eigenvalue weighted by Gasteiger charge is -2.26. The molecular weight excluding hydrogens is 268 g/mol. The number of Topliss-reactive ketones (excluding diaryl/α,β-unsaturated/α-hetero) is 1. The smallest absolute Gasteiger partial charge is 0.175 e. The molecule has 2 heterocycles. The number of thioether (sulfide) groups is 2. The van der Waals surface area contributed by atoms with Crippen LogP contribution in [0.3, 0.4) is 0 Å². The summed E-state index contributed by atoms with van der Waals surface area (Å²) in [5.41, 5.74) is 0. The average molecular weight is 286 g/mol. The predicted molar refractivity (Wildman–Crippen MR) is 80.4 cm³/mol. The number of carbonyl (C=O) groups is 1. The maximum Gasteiger partial charge on any atom is 0.175 e. The summed E-state index contributed by atoms with van der Waals surface area (Å²) in [4.78, 5) is 13.1. The summed E-state index contributed by atoms with van der Waals surface area (Å²) in [5, 5.41) is 1.99. The minimum atomic E-state index is 0.178. The van der Waals surface area contributed by atoms with Gasteiger partial charge in [0.15, 0.2) is 5.78 Å². The van der Waals surface area contributed by atoms with E-state index in [4.69, 9.17) is 0 Å². The summed E-state index contributed by atoms with van der Waals surface area (Å²) in [6.07, 6.45) is 4.34.